The van der Waals surface area contributed by atoms with Crippen LogP contribution in [0, 0.1) is 13.8 Å². The second kappa shape index (κ2) is 8.45. The van der Waals surface area contributed by atoms with Gasteiger partial charge in [0.25, 0.3) is 0 Å². The number of rotatable bonds is 6. The van der Waals surface area contributed by atoms with Crippen LogP contribution < -0.4 is 0 Å². The maximum absolute atomic E-state index is 12.9. The zero-order valence-corrected chi connectivity index (χ0v) is 17.5. The van der Waals surface area contributed by atoms with Gasteiger partial charge in [0.1, 0.15) is 10.6 Å². The van der Waals surface area contributed by atoms with Gasteiger partial charge in [0.15, 0.2) is 5.76 Å². The summed E-state index contributed by atoms with van der Waals surface area (Å²) >= 11 is 0. The molecular formula is C20H27N3O4S. The summed E-state index contributed by atoms with van der Waals surface area (Å²) in [7, 11) is -3.65. The Bertz CT molecular complexity index is 907. The molecule has 0 saturated carbocycles. The van der Waals surface area contributed by atoms with Crippen molar-refractivity contribution in [3.05, 3.63) is 46.8 Å². The predicted octanol–water partition coefficient (Wildman–Crippen LogP) is 2.32. The first-order chi connectivity index (χ1) is 13.3. The topological polar surface area (TPSA) is 83.7 Å². The third kappa shape index (κ3) is 4.28. The number of benzene rings is 1. The maximum atomic E-state index is 12.9. The Hall–Kier alpha value is -2.19. The van der Waals surface area contributed by atoms with Gasteiger partial charge in [-0.2, -0.15) is 4.31 Å². The number of carbonyl (C=O) groups is 1. The number of carbonyl (C=O) groups excluding carboxylic acids is 1. The van der Waals surface area contributed by atoms with Gasteiger partial charge >= 0.3 is 0 Å². The van der Waals surface area contributed by atoms with Gasteiger partial charge in [-0.05, 0) is 37.8 Å². The van der Waals surface area contributed by atoms with Gasteiger partial charge in [0.2, 0.25) is 15.9 Å². The van der Waals surface area contributed by atoms with E-state index in [4.69, 9.17) is 4.52 Å². The lowest BCUT2D eigenvalue weighted by Crippen LogP contribution is -2.50. The molecule has 1 aliphatic heterocycles. The van der Waals surface area contributed by atoms with E-state index < -0.39 is 10.0 Å². The summed E-state index contributed by atoms with van der Waals surface area (Å²) in [5.74, 6) is 0.360. The van der Waals surface area contributed by atoms with E-state index >= 15 is 0 Å². The van der Waals surface area contributed by atoms with Crippen LogP contribution >= 0.6 is 0 Å². The number of piperazine rings is 1. The van der Waals surface area contributed by atoms with E-state index in [0.29, 0.717) is 37.4 Å². The molecule has 3 rings (SSSR count). The van der Waals surface area contributed by atoms with Crippen LogP contribution in [0.1, 0.15) is 35.9 Å². The number of amides is 1. The van der Waals surface area contributed by atoms with Crippen molar-refractivity contribution >= 4 is 15.9 Å². The van der Waals surface area contributed by atoms with Crippen LogP contribution in [0.25, 0.3) is 0 Å². The average Bonchev–Trinajstić information content (AvgIpc) is 3.05. The molecule has 0 radical (unpaired) electrons. The molecule has 1 aliphatic rings. The molecule has 0 spiro atoms. The lowest BCUT2D eigenvalue weighted by atomic mass is 10.1. The molecule has 1 fully saturated rings. The molecule has 0 bridgehead atoms. The first kappa shape index (κ1) is 20.5. The largest absolute Gasteiger partial charge is 0.360 e. The standard InChI is InChI=1S/C20H27N3O4S/c1-4-17-5-7-18(8-6-17)9-10-19(24)22-11-13-23(14-12-22)28(25,26)20-15(2)21-27-16(20)3/h5-8H,4,9-14H2,1-3H3. The van der Waals surface area contributed by atoms with Gasteiger partial charge in [-0.1, -0.05) is 36.3 Å². The van der Waals surface area contributed by atoms with Crippen molar-refractivity contribution in [2.45, 2.75) is 44.9 Å². The Morgan fingerprint density at radius 2 is 1.68 bits per heavy atom. The fourth-order valence-corrected chi connectivity index (χ4v) is 5.21. The summed E-state index contributed by atoms with van der Waals surface area (Å²) in [6.45, 7) is 6.69. The van der Waals surface area contributed by atoms with Gasteiger partial charge in [-0.3, -0.25) is 4.79 Å². The molecular weight excluding hydrogens is 378 g/mol. The fraction of sp³-hybridized carbons (Fsp3) is 0.500. The van der Waals surface area contributed by atoms with Crippen molar-refractivity contribution in [3.63, 3.8) is 0 Å². The molecule has 0 atom stereocenters. The van der Waals surface area contributed by atoms with Crippen LogP contribution in [0.2, 0.25) is 0 Å². The number of hydrogen-bond donors (Lipinski definition) is 0. The minimum Gasteiger partial charge on any atom is -0.360 e. The van der Waals surface area contributed by atoms with Crippen molar-refractivity contribution in [3.8, 4) is 0 Å². The molecule has 1 aromatic carbocycles. The van der Waals surface area contributed by atoms with E-state index in [1.807, 2.05) is 0 Å². The minimum atomic E-state index is -3.65. The van der Waals surface area contributed by atoms with E-state index in [2.05, 4.69) is 36.3 Å². The highest BCUT2D eigenvalue weighted by Gasteiger charge is 2.34. The highest BCUT2D eigenvalue weighted by atomic mass is 32.2. The Kier molecular flexibility index (Phi) is 6.20. The quantitative estimate of drug-likeness (QED) is 0.736. The summed E-state index contributed by atoms with van der Waals surface area (Å²) in [4.78, 5) is 14.4. The van der Waals surface area contributed by atoms with Crippen LogP contribution in [0.5, 0.6) is 0 Å². The molecule has 1 aromatic heterocycles. The van der Waals surface area contributed by atoms with Gasteiger partial charge < -0.3 is 9.42 Å². The zero-order chi connectivity index (χ0) is 20.3. The van der Waals surface area contributed by atoms with Crippen LogP contribution in [-0.2, 0) is 27.7 Å². The molecule has 0 N–H and O–H groups in total. The molecule has 0 aliphatic carbocycles. The normalized spacial score (nSPS) is 15.8. The van der Waals surface area contributed by atoms with E-state index in [1.165, 1.54) is 9.87 Å². The predicted molar refractivity (Wildman–Crippen MR) is 105 cm³/mol. The van der Waals surface area contributed by atoms with E-state index in [1.54, 1.807) is 18.7 Å². The van der Waals surface area contributed by atoms with Crippen molar-refractivity contribution in [2.75, 3.05) is 26.2 Å². The van der Waals surface area contributed by atoms with Crippen molar-refractivity contribution in [1.82, 2.24) is 14.4 Å². The first-order valence-corrected chi connectivity index (χ1v) is 11.1. The molecule has 1 amide bonds. The van der Waals surface area contributed by atoms with Gasteiger partial charge in [-0.25, -0.2) is 8.42 Å². The SMILES string of the molecule is CCc1ccc(CCC(=O)N2CCN(S(=O)(=O)c3c(C)noc3C)CC2)cc1. The van der Waals surface area contributed by atoms with Gasteiger partial charge in [0.05, 0.1) is 0 Å². The van der Waals surface area contributed by atoms with Crippen LogP contribution in [-0.4, -0.2) is 54.9 Å². The highest BCUT2D eigenvalue weighted by molar-refractivity contribution is 7.89. The van der Waals surface area contributed by atoms with Crippen molar-refractivity contribution in [1.29, 1.82) is 0 Å². The van der Waals surface area contributed by atoms with Gasteiger partial charge in [-0.15, -0.1) is 0 Å². The second-order valence-corrected chi connectivity index (χ2v) is 8.98. The molecule has 8 heteroatoms. The third-order valence-electron chi connectivity index (χ3n) is 5.22. The maximum Gasteiger partial charge on any atom is 0.248 e. The molecule has 28 heavy (non-hydrogen) atoms. The Morgan fingerprint density at radius 3 is 2.21 bits per heavy atom. The molecule has 2 aromatic rings. The summed E-state index contributed by atoms with van der Waals surface area (Å²) < 4.78 is 32.1. The molecule has 0 unspecified atom stereocenters. The van der Waals surface area contributed by atoms with Crippen LogP contribution in [0.15, 0.2) is 33.7 Å². The lowest BCUT2D eigenvalue weighted by Gasteiger charge is -2.34. The number of nitrogens with zero attached hydrogens (tertiary/aromatic N) is 3. The van der Waals surface area contributed by atoms with Gasteiger partial charge in [0, 0.05) is 32.6 Å². The molecule has 1 saturated heterocycles. The number of aryl methyl sites for hydroxylation is 4. The summed E-state index contributed by atoms with van der Waals surface area (Å²) in [6.07, 6.45) is 2.13. The zero-order valence-electron chi connectivity index (χ0n) is 16.6. The summed E-state index contributed by atoms with van der Waals surface area (Å²) in [6, 6.07) is 8.33. The van der Waals surface area contributed by atoms with E-state index in [0.717, 1.165) is 12.0 Å². The van der Waals surface area contributed by atoms with Crippen LogP contribution in [0.3, 0.4) is 0 Å². The minimum absolute atomic E-state index is 0.0638. The van der Waals surface area contributed by atoms with Crippen molar-refractivity contribution < 1.29 is 17.7 Å². The Morgan fingerprint density at radius 1 is 1.07 bits per heavy atom. The monoisotopic (exact) mass is 405 g/mol. The average molecular weight is 406 g/mol. The molecule has 152 valence electrons. The molecule has 7 nitrogen and oxygen atoms in total. The number of aromatic nitrogens is 1. The summed E-state index contributed by atoms with van der Waals surface area (Å²) in [5, 5.41) is 3.74. The molecule has 2 heterocycles. The second-order valence-electron chi connectivity index (χ2n) is 7.11. The third-order valence-corrected chi connectivity index (χ3v) is 7.36. The fourth-order valence-electron chi connectivity index (χ4n) is 3.50. The highest BCUT2D eigenvalue weighted by Crippen LogP contribution is 2.24. The van der Waals surface area contributed by atoms with Crippen LogP contribution in [0.4, 0.5) is 0 Å². The number of sulfonamides is 1. The van der Waals surface area contributed by atoms with Crippen molar-refractivity contribution in [2.24, 2.45) is 0 Å². The van der Waals surface area contributed by atoms with E-state index in [9.17, 15) is 13.2 Å². The first-order valence-electron chi connectivity index (χ1n) is 9.61. The number of hydrogen-bond acceptors (Lipinski definition) is 5. The van der Waals surface area contributed by atoms with E-state index in [-0.39, 0.29) is 23.9 Å². The Labute approximate surface area is 166 Å². The Balaban J connectivity index is 1.55. The summed E-state index contributed by atoms with van der Waals surface area (Å²) in [5.41, 5.74) is 2.79. The smallest absolute Gasteiger partial charge is 0.248 e. The lowest BCUT2D eigenvalue weighted by molar-refractivity contribution is -0.132.